The summed E-state index contributed by atoms with van der Waals surface area (Å²) in [5.41, 5.74) is 1.72. The molecular formula is C20H21ClN2O3. The Hall–Kier alpha value is -2.53. The molecule has 1 N–H and O–H groups in total. The van der Waals surface area contributed by atoms with E-state index in [4.69, 9.17) is 16.3 Å². The molecule has 136 valence electrons. The Morgan fingerprint density at radius 1 is 1.27 bits per heavy atom. The van der Waals surface area contributed by atoms with Crippen LogP contribution in [0.1, 0.15) is 24.8 Å². The first kappa shape index (κ1) is 18.3. The smallest absolute Gasteiger partial charge is 0.265 e. The van der Waals surface area contributed by atoms with Gasteiger partial charge in [0.2, 0.25) is 5.91 Å². The summed E-state index contributed by atoms with van der Waals surface area (Å²) in [6.45, 7) is 2.48. The first-order valence-electron chi connectivity index (χ1n) is 8.63. The van der Waals surface area contributed by atoms with Crippen LogP contribution in [-0.4, -0.2) is 31.5 Å². The van der Waals surface area contributed by atoms with Crippen molar-refractivity contribution < 1.29 is 14.3 Å². The van der Waals surface area contributed by atoms with Crippen molar-refractivity contribution in [2.45, 2.75) is 19.3 Å². The highest BCUT2D eigenvalue weighted by atomic mass is 35.5. The van der Waals surface area contributed by atoms with Crippen LogP contribution in [0.15, 0.2) is 48.5 Å². The molecule has 0 fully saturated rings. The number of rotatable bonds is 6. The number of ether oxygens (including phenoxy) is 1. The summed E-state index contributed by atoms with van der Waals surface area (Å²) in [7, 11) is 0. The molecule has 0 radical (unpaired) electrons. The summed E-state index contributed by atoms with van der Waals surface area (Å²) >= 11 is 6.02. The molecule has 0 saturated carbocycles. The molecule has 1 aliphatic heterocycles. The normalized spacial score (nSPS) is 14.4. The van der Waals surface area contributed by atoms with Crippen LogP contribution in [0.25, 0.3) is 0 Å². The van der Waals surface area contributed by atoms with Crippen LogP contribution in [0.5, 0.6) is 5.75 Å². The Morgan fingerprint density at radius 3 is 2.77 bits per heavy atom. The Kier molecular flexibility index (Phi) is 5.78. The van der Waals surface area contributed by atoms with Crippen LogP contribution >= 0.6 is 11.6 Å². The number of hydrogen-bond acceptors (Lipinski definition) is 3. The van der Waals surface area contributed by atoms with E-state index in [1.54, 1.807) is 18.2 Å². The summed E-state index contributed by atoms with van der Waals surface area (Å²) in [4.78, 5) is 26.0. The van der Waals surface area contributed by atoms with Crippen molar-refractivity contribution in [3.63, 3.8) is 0 Å². The molecule has 0 saturated heterocycles. The largest absolute Gasteiger partial charge is 0.482 e. The standard InChI is InChI=1S/C20H21ClN2O3/c1-2-14(15-6-4-3-5-7-15)11-22-19(24)12-23-17-10-16(21)8-9-18(17)26-13-20(23)25/h3-10,14H,2,11-13H2,1H3,(H,22,24). The maximum absolute atomic E-state index is 12.4. The van der Waals surface area contributed by atoms with Crippen molar-refractivity contribution in [2.24, 2.45) is 0 Å². The third-order valence-electron chi connectivity index (χ3n) is 4.48. The fourth-order valence-electron chi connectivity index (χ4n) is 3.01. The maximum Gasteiger partial charge on any atom is 0.265 e. The van der Waals surface area contributed by atoms with Crippen molar-refractivity contribution in [1.29, 1.82) is 0 Å². The van der Waals surface area contributed by atoms with Gasteiger partial charge in [0, 0.05) is 17.5 Å². The molecule has 1 heterocycles. The third-order valence-corrected chi connectivity index (χ3v) is 4.71. The van der Waals surface area contributed by atoms with Crippen LogP contribution in [0, 0.1) is 0 Å². The first-order chi connectivity index (χ1) is 12.6. The minimum absolute atomic E-state index is 0.0548. The van der Waals surface area contributed by atoms with Crippen molar-refractivity contribution in [3.05, 3.63) is 59.1 Å². The SMILES string of the molecule is CCC(CNC(=O)CN1C(=O)COc2ccc(Cl)cc21)c1ccccc1. The van der Waals surface area contributed by atoms with Crippen LogP contribution < -0.4 is 15.0 Å². The Labute approximate surface area is 157 Å². The van der Waals surface area contributed by atoms with E-state index >= 15 is 0 Å². The van der Waals surface area contributed by atoms with Crippen molar-refractivity contribution in [3.8, 4) is 5.75 Å². The van der Waals surface area contributed by atoms with Crippen molar-refractivity contribution in [1.82, 2.24) is 5.32 Å². The lowest BCUT2D eigenvalue weighted by Crippen LogP contribution is -2.45. The highest BCUT2D eigenvalue weighted by Gasteiger charge is 2.27. The third kappa shape index (κ3) is 4.17. The second-order valence-electron chi connectivity index (χ2n) is 6.20. The molecule has 2 aromatic rings. The number of nitrogens with one attached hydrogen (secondary N) is 1. The van der Waals surface area contributed by atoms with E-state index in [-0.39, 0.29) is 30.9 Å². The maximum atomic E-state index is 12.4. The van der Waals surface area contributed by atoms with Gasteiger partial charge in [0.05, 0.1) is 5.69 Å². The van der Waals surface area contributed by atoms with E-state index in [0.717, 1.165) is 6.42 Å². The number of carbonyl (C=O) groups is 2. The van der Waals surface area contributed by atoms with E-state index in [1.165, 1.54) is 10.5 Å². The first-order valence-corrected chi connectivity index (χ1v) is 9.00. The van der Waals surface area contributed by atoms with E-state index in [1.807, 2.05) is 18.2 Å². The van der Waals surface area contributed by atoms with Crippen molar-refractivity contribution >= 4 is 29.1 Å². The van der Waals surface area contributed by atoms with Gasteiger partial charge in [0.1, 0.15) is 12.3 Å². The average Bonchev–Trinajstić information content (AvgIpc) is 2.65. The van der Waals surface area contributed by atoms with Gasteiger partial charge in [0.15, 0.2) is 6.61 Å². The Balaban J connectivity index is 1.65. The van der Waals surface area contributed by atoms with Crippen LogP contribution in [0.4, 0.5) is 5.69 Å². The van der Waals surface area contributed by atoms with Gasteiger partial charge in [-0.05, 0) is 30.2 Å². The fourth-order valence-corrected chi connectivity index (χ4v) is 3.17. The average molecular weight is 373 g/mol. The zero-order valence-corrected chi connectivity index (χ0v) is 15.3. The molecule has 5 nitrogen and oxygen atoms in total. The molecule has 0 bridgehead atoms. The molecule has 0 aliphatic carbocycles. The minimum Gasteiger partial charge on any atom is -0.482 e. The van der Waals surface area contributed by atoms with Gasteiger partial charge in [-0.2, -0.15) is 0 Å². The van der Waals surface area contributed by atoms with E-state index in [0.29, 0.717) is 23.0 Å². The van der Waals surface area contributed by atoms with E-state index in [9.17, 15) is 9.59 Å². The van der Waals surface area contributed by atoms with Gasteiger partial charge < -0.3 is 10.1 Å². The number of fused-ring (bicyclic) bond motifs is 1. The van der Waals surface area contributed by atoms with Gasteiger partial charge in [-0.25, -0.2) is 0 Å². The molecule has 2 amide bonds. The number of hydrogen-bond donors (Lipinski definition) is 1. The monoisotopic (exact) mass is 372 g/mol. The number of benzene rings is 2. The van der Waals surface area contributed by atoms with E-state index in [2.05, 4.69) is 24.4 Å². The van der Waals surface area contributed by atoms with E-state index < -0.39 is 0 Å². The molecule has 1 atom stereocenters. The zero-order chi connectivity index (χ0) is 18.5. The molecule has 3 rings (SSSR count). The topological polar surface area (TPSA) is 58.6 Å². The highest BCUT2D eigenvalue weighted by molar-refractivity contribution is 6.31. The predicted octanol–water partition coefficient (Wildman–Crippen LogP) is 3.38. The number of halogens is 1. The molecule has 0 spiro atoms. The molecule has 1 unspecified atom stereocenters. The Bertz CT molecular complexity index is 795. The number of carbonyl (C=O) groups excluding carboxylic acids is 2. The predicted molar refractivity (Wildman–Crippen MR) is 102 cm³/mol. The van der Waals surface area contributed by atoms with Gasteiger partial charge in [-0.3, -0.25) is 14.5 Å². The zero-order valence-electron chi connectivity index (χ0n) is 14.6. The molecule has 6 heteroatoms. The van der Waals surface area contributed by atoms with Crippen LogP contribution in [0.2, 0.25) is 5.02 Å². The summed E-state index contributed by atoms with van der Waals surface area (Å²) < 4.78 is 5.39. The highest BCUT2D eigenvalue weighted by Crippen LogP contribution is 2.34. The molecule has 2 aromatic carbocycles. The molecule has 0 aromatic heterocycles. The Morgan fingerprint density at radius 2 is 2.04 bits per heavy atom. The molecular weight excluding hydrogens is 352 g/mol. The molecule has 26 heavy (non-hydrogen) atoms. The van der Waals surface area contributed by atoms with Crippen molar-refractivity contribution in [2.75, 3.05) is 24.6 Å². The summed E-state index contributed by atoms with van der Waals surface area (Å²) in [6.07, 6.45) is 0.916. The minimum atomic E-state index is -0.259. The van der Waals surface area contributed by atoms with Gasteiger partial charge in [-0.1, -0.05) is 48.9 Å². The van der Waals surface area contributed by atoms with Crippen LogP contribution in [-0.2, 0) is 9.59 Å². The number of amides is 2. The van der Waals surface area contributed by atoms with Gasteiger partial charge in [0.25, 0.3) is 5.91 Å². The second-order valence-corrected chi connectivity index (χ2v) is 6.64. The summed E-state index contributed by atoms with van der Waals surface area (Å²) in [6, 6.07) is 15.1. The van der Waals surface area contributed by atoms with Crippen LogP contribution in [0.3, 0.4) is 0 Å². The summed E-state index contributed by atoms with van der Waals surface area (Å²) in [5, 5.41) is 3.43. The number of anilines is 1. The lowest BCUT2D eigenvalue weighted by Gasteiger charge is -2.29. The fraction of sp³-hybridized carbons (Fsp3) is 0.300. The summed E-state index contributed by atoms with van der Waals surface area (Å²) in [5.74, 6) is 0.324. The number of nitrogens with zero attached hydrogens (tertiary/aromatic N) is 1. The second kappa shape index (κ2) is 8.23. The quantitative estimate of drug-likeness (QED) is 0.845. The lowest BCUT2D eigenvalue weighted by atomic mass is 9.96. The van der Waals surface area contributed by atoms with Gasteiger partial charge >= 0.3 is 0 Å². The lowest BCUT2D eigenvalue weighted by molar-refractivity contribution is -0.125. The van der Waals surface area contributed by atoms with Gasteiger partial charge in [-0.15, -0.1) is 0 Å². The molecule has 1 aliphatic rings.